The highest BCUT2D eigenvalue weighted by Gasteiger charge is 2.27. The van der Waals surface area contributed by atoms with Crippen molar-refractivity contribution >= 4 is 15.9 Å². The molecule has 1 N–H and O–H groups in total. The van der Waals surface area contributed by atoms with E-state index in [1.54, 1.807) is 24.3 Å². The molecule has 1 amide bonds. The first-order chi connectivity index (χ1) is 8.89. The molecule has 1 aromatic rings. The molecule has 0 saturated heterocycles. The van der Waals surface area contributed by atoms with Crippen molar-refractivity contribution in [2.75, 3.05) is 13.6 Å². The number of likely N-dealkylation sites (N-methyl/N-ethyl adjacent to an activating group) is 1. The third-order valence-electron chi connectivity index (χ3n) is 3.04. The number of aryl methyl sites for hydroxylation is 1. The summed E-state index contributed by atoms with van der Waals surface area (Å²) < 4.78 is 25.5. The van der Waals surface area contributed by atoms with Gasteiger partial charge in [-0.15, -0.1) is 0 Å². The van der Waals surface area contributed by atoms with Gasteiger partial charge in [-0.25, -0.2) is 8.42 Å². The Kier molecular flexibility index (Phi) is 3.91. The van der Waals surface area contributed by atoms with Crippen LogP contribution in [0.1, 0.15) is 18.4 Å². The maximum atomic E-state index is 12.2. The number of rotatable bonds is 5. The molecule has 1 aromatic carbocycles. The normalized spacial score (nSPS) is 15.5. The third kappa shape index (κ3) is 3.54. The predicted octanol–water partition coefficient (Wildman–Crippen LogP) is 0.894. The lowest BCUT2D eigenvalue weighted by atomic mass is 10.2. The Morgan fingerprint density at radius 2 is 1.89 bits per heavy atom. The molecule has 0 atom stereocenters. The number of carbonyl (C=O) groups excluding carboxylic acids is 1. The van der Waals surface area contributed by atoms with E-state index in [-0.39, 0.29) is 23.4 Å². The first kappa shape index (κ1) is 14.0. The molecule has 2 rings (SSSR count). The maximum absolute atomic E-state index is 12.2. The van der Waals surface area contributed by atoms with Gasteiger partial charge in [-0.05, 0) is 31.9 Å². The van der Waals surface area contributed by atoms with E-state index in [1.165, 1.54) is 7.05 Å². The molecular weight excluding hydrogens is 264 g/mol. The average molecular weight is 282 g/mol. The summed E-state index contributed by atoms with van der Waals surface area (Å²) >= 11 is 0. The summed E-state index contributed by atoms with van der Waals surface area (Å²) in [6, 6.07) is 6.83. The third-order valence-corrected chi connectivity index (χ3v) is 4.86. The minimum absolute atomic E-state index is 0.146. The van der Waals surface area contributed by atoms with Crippen molar-refractivity contribution < 1.29 is 13.2 Å². The summed E-state index contributed by atoms with van der Waals surface area (Å²) in [6.45, 7) is 1.75. The van der Waals surface area contributed by atoms with E-state index in [0.717, 1.165) is 22.7 Å². The predicted molar refractivity (Wildman–Crippen MR) is 72.2 cm³/mol. The second-order valence-electron chi connectivity index (χ2n) is 4.92. The average Bonchev–Trinajstić information content (AvgIpc) is 3.13. The summed E-state index contributed by atoms with van der Waals surface area (Å²) in [4.78, 5) is 11.8. The van der Waals surface area contributed by atoms with Crippen LogP contribution in [0.15, 0.2) is 29.2 Å². The fraction of sp³-hybridized carbons (Fsp3) is 0.462. The van der Waals surface area contributed by atoms with E-state index >= 15 is 0 Å². The van der Waals surface area contributed by atoms with Crippen molar-refractivity contribution in [1.29, 1.82) is 0 Å². The number of carbonyl (C=O) groups is 1. The van der Waals surface area contributed by atoms with Crippen LogP contribution < -0.4 is 5.32 Å². The topological polar surface area (TPSA) is 66.5 Å². The number of benzene rings is 1. The van der Waals surface area contributed by atoms with Crippen molar-refractivity contribution in [3.05, 3.63) is 29.8 Å². The van der Waals surface area contributed by atoms with Crippen LogP contribution in [0.4, 0.5) is 0 Å². The summed E-state index contributed by atoms with van der Waals surface area (Å²) in [5.74, 6) is -0.249. The second kappa shape index (κ2) is 5.30. The molecule has 1 aliphatic carbocycles. The van der Waals surface area contributed by atoms with Crippen LogP contribution in [0, 0.1) is 6.92 Å². The second-order valence-corrected chi connectivity index (χ2v) is 6.96. The van der Waals surface area contributed by atoms with E-state index < -0.39 is 10.0 Å². The number of nitrogens with zero attached hydrogens (tertiary/aromatic N) is 1. The molecule has 6 heteroatoms. The number of sulfonamides is 1. The van der Waals surface area contributed by atoms with Crippen molar-refractivity contribution in [2.45, 2.75) is 30.7 Å². The highest BCUT2D eigenvalue weighted by atomic mass is 32.2. The van der Waals surface area contributed by atoms with E-state index in [0.29, 0.717) is 0 Å². The smallest absolute Gasteiger partial charge is 0.243 e. The zero-order chi connectivity index (χ0) is 14.0. The van der Waals surface area contributed by atoms with Crippen LogP contribution >= 0.6 is 0 Å². The Morgan fingerprint density at radius 1 is 1.32 bits per heavy atom. The number of hydrogen-bond donors (Lipinski definition) is 1. The van der Waals surface area contributed by atoms with Gasteiger partial charge in [0.2, 0.25) is 15.9 Å². The summed E-state index contributed by atoms with van der Waals surface area (Å²) in [7, 11) is -2.18. The largest absolute Gasteiger partial charge is 0.352 e. The summed E-state index contributed by atoms with van der Waals surface area (Å²) in [5, 5.41) is 2.77. The van der Waals surface area contributed by atoms with Gasteiger partial charge in [-0.3, -0.25) is 4.79 Å². The van der Waals surface area contributed by atoms with Gasteiger partial charge in [-0.1, -0.05) is 17.7 Å². The molecule has 19 heavy (non-hydrogen) atoms. The molecule has 0 spiro atoms. The standard InChI is InChI=1S/C13H18N2O3S/c1-10-3-7-12(8-4-10)19(17,18)15(2)9-13(16)14-11-5-6-11/h3-4,7-8,11H,5-6,9H2,1-2H3,(H,14,16). The first-order valence-electron chi connectivity index (χ1n) is 6.22. The molecule has 1 aliphatic rings. The van der Waals surface area contributed by atoms with Crippen LogP contribution in [-0.4, -0.2) is 38.3 Å². The first-order valence-corrected chi connectivity index (χ1v) is 7.66. The lowest BCUT2D eigenvalue weighted by molar-refractivity contribution is -0.121. The van der Waals surface area contributed by atoms with E-state index in [2.05, 4.69) is 5.32 Å². The molecule has 0 heterocycles. The van der Waals surface area contributed by atoms with Gasteiger partial charge in [0.1, 0.15) is 0 Å². The minimum Gasteiger partial charge on any atom is -0.352 e. The number of hydrogen-bond acceptors (Lipinski definition) is 3. The summed E-state index contributed by atoms with van der Waals surface area (Å²) in [6.07, 6.45) is 1.97. The lowest BCUT2D eigenvalue weighted by Gasteiger charge is -2.16. The Hall–Kier alpha value is -1.40. The molecule has 0 radical (unpaired) electrons. The highest BCUT2D eigenvalue weighted by Crippen LogP contribution is 2.19. The Morgan fingerprint density at radius 3 is 2.42 bits per heavy atom. The molecule has 0 unspecified atom stereocenters. The monoisotopic (exact) mass is 282 g/mol. The number of nitrogens with one attached hydrogen (secondary N) is 1. The van der Waals surface area contributed by atoms with Gasteiger partial charge in [-0.2, -0.15) is 4.31 Å². The van der Waals surface area contributed by atoms with E-state index in [9.17, 15) is 13.2 Å². The molecule has 1 fully saturated rings. The Bertz CT molecular complexity index is 562. The van der Waals surface area contributed by atoms with Crippen LogP contribution in [0.3, 0.4) is 0 Å². The maximum Gasteiger partial charge on any atom is 0.243 e. The van der Waals surface area contributed by atoms with Crippen molar-refractivity contribution in [2.24, 2.45) is 0 Å². The van der Waals surface area contributed by atoms with Gasteiger partial charge < -0.3 is 5.32 Å². The van der Waals surface area contributed by atoms with E-state index in [4.69, 9.17) is 0 Å². The molecule has 1 saturated carbocycles. The minimum atomic E-state index is -3.59. The fourth-order valence-corrected chi connectivity index (χ4v) is 2.81. The lowest BCUT2D eigenvalue weighted by Crippen LogP contribution is -2.39. The van der Waals surface area contributed by atoms with Crippen LogP contribution in [0.5, 0.6) is 0 Å². The highest BCUT2D eigenvalue weighted by molar-refractivity contribution is 7.89. The zero-order valence-electron chi connectivity index (χ0n) is 11.1. The fourth-order valence-electron chi connectivity index (χ4n) is 1.68. The molecule has 0 aromatic heterocycles. The molecule has 5 nitrogen and oxygen atoms in total. The quantitative estimate of drug-likeness (QED) is 0.872. The van der Waals surface area contributed by atoms with Crippen molar-refractivity contribution in [1.82, 2.24) is 9.62 Å². The van der Waals surface area contributed by atoms with Gasteiger partial charge in [0.15, 0.2) is 0 Å². The molecule has 0 aliphatic heterocycles. The molecule has 104 valence electrons. The SMILES string of the molecule is Cc1ccc(S(=O)(=O)N(C)CC(=O)NC2CC2)cc1. The van der Waals surface area contributed by atoms with Gasteiger partial charge in [0, 0.05) is 13.1 Å². The van der Waals surface area contributed by atoms with Crippen LogP contribution in [0.25, 0.3) is 0 Å². The van der Waals surface area contributed by atoms with Crippen LogP contribution in [0.2, 0.25) is 0 Å². The van der Waals surface area contributed by atoms with Crippen molar-refractivity contribution in [3.63, 3.8) is 0 Å². The Balaban J connectivity index is 2.05. The molecule has 0 bridgehead atoms. The Labute approximate surface area is 113 Å². The van der Waals surface area contributed by atoms with Gasteiger partial charge in [0.05, 0.1) is 11.4 Å². The summed E-state index contributed by atoms with van der Waals surface area (Å²) in [5.41, 5.74) is 0.994. The van der Waals surface area contributed by atoms with Gasteiger partial charge in [0.25, 0.3) is 0 Å². The zero-order valence-corrected chi connectivity index (χ0v) is 11.9. The van der Waals surface area contributed by atoms with Crippen LogP contribution in [-0.2, 0) is 14.8 Å². The van der Waals surface area contributed by atoms with E-state index in [1.807, 2.05) is 6.92 Å². The van der Waals surface area contributed by atoms with Crippen molar-refractivity contribution in [3.8, 4) is 0 Å². The number of amides is 1. The molecular formula is C13H18N2O3S. The van der Waals surface area contributed by atoms with Gasteiger partial charge >= 0.3 is 0 Å².